The Morgan fingerprint density at radius 2 is 1.77 bits per heavy atom. The highest BCUT2D eigenvalue weighted by Crippen LogP contribution is 2.20. The maximum Gasteiger partial charge on any atom is 0.323 e. The molecule has 0 bridgehead atoms. The van der Waals surface area contributed by atoms with E-state index in [1.807, 2.05) is 19.0 Å². The fourth-order valence-electron chi connectivity index (χ4n) is 2.98. The van der Waals surface area contributed by atoms with Gasteiger partial charge in [-0.3, -0.25) is 4.79 Å². The Morgan fingerprint density at radius 1 is 1.12 bits per heavy atom. The van der Waals surface area contributed by atoms with Crippen LogP contribution in [0.25, 0.3) is 11.0 Å². The summed E-state index contributed by atoms with van der Waals surface area (Å²) in [5.74, 6) is 0.0436. The molecule has 1 aromatic carbocycles. The van der Waals surface area contributed by atoms with Crippen molar-refractivity contribution in [1.82, 2.24) is 24.1 Å². The van der Waals surface area contributed by atoms with Gasteiger partial charge < -0.3 is 19.8 Å². The number of nitrogens with zero attached hydrogens (tertiary/aromatic N) is 3. The number of piperazine rings is 1. The molecule has 1 aliphatic rings. The highest BCUT2D eigenvalue weighted by molar-refractivity contribution is 7.89. The maximum absolute atomic E-state index is 12.8. The largest absolute Gasteiger partial charge is 0.340 e. The molecule has 0 aliphatic carbocycles. The number of aromatic amines is 2. The summed E-state index contributed by atoms with van der Waals surface area (Å²) in [7, 11) is 0.150. The van der Waals surface area contributed by atoms with Gasteiger partial charge in [0.1, 0.15) is 0 Å². The molecule has 1 aromatic heterocycles. The standard InChI is InChI=1S/C16H23N5O4S/c1-19(2)6-5-15(22)20-7-9-21(10-8-20)26(24,25)12-3-4-13-14(11-12)18-16(23)17-13/h3-4,11H,5-10H2,1-2H3,(H2,17,18,23). The molecular formula is C16H23N5O4S. The molecule has 26 heavy (non-hydrogen) atoms. The molecule has 142 valence electrons. The summed E-state index contributed by atoms with van der Waals surface area (Å²) in [6.07, 6.45) is 0.428. The number of benzene rings is 1. The second-order valence-electron chi connectivity index (χ2n) is 6.62. The first kappa shape index (κ1) is 18.6. The average Bonchev–Trinajstić information content (AvgIpc) is 2.98. The normalized spacial score (nSPS) is 16.5. The number of sulfonamides is 1. The van der Waals surface area contributed by atoms with Crippen molar-refractivity contribution in [1.29, 1.82) is 0 Å². The van der Waals surface area contributed by atoms with E-state index in [1.54, 1.807) is 11.0 Å². The van der Waals surface area contributed by atoms with E-state index >= 15 is 0 Å². The number of nitrogens with one attached hydrogen (secondary N) is 2. The Bertz CT molecular complexity index is 954. The Hall–Kier alpha value is -2.17. The van der Waals surface area contributed by atoms with E-state index < -0.39 is 10.0 Å². The van der Waals surface area contributed by atoms with Crippen LogP contribution in [0.1, 0.15) is 6.42 Å². The average molecular weight is 381 g/mol. The predicted octanol–water partition coefficient (Wildman–Crippen LogP) is -0.359. The molecule has 3 rings (SSSR count). The SMILES string of the molecule is CN(C)CCC(=O)N1CCN(S(=O)(=O)c2ccc3[nH]c(=O)[nH]c3c2)CC1. The number of carbonyl (C=O) groups excluding carboxylic acids is 1. The van der Waals surface area contributed by atoms with Gasteiger partial charge in [0.25, 0.3) is 0 Å². The van der Waals surface area contributed by atoms with Gasteiger partial charge in [-0.05, 0) is 32.3 Å². The second-order valence-corrected chi connectivity index (χ2v) is 8.56. The lowest BCUT2D eigenvalue weighted by molar-refractivity contribution is -0.132. The van der Waals surface area contributed by atoms with E-state index in [9.17, 15) is 18.0 Å². The molecule has 10 heteroatoms. The van der Waals surface area contributed by atoms with Crippen molar-refractivity contribution in [3.8, 4) is 0 Å². The minimum atomic E-state index is -3.67. The van der Waals surface area contributed by atoms with Crippen molar-refractivity contribution >= 4 is 27.0 Å². The Labute approximate surface area is 151 Å². The first-order chi connectivity index (χ1) is 12.3. The minimum absolute atomic E-state index is 0.0436. The number of aromatic nitrogens is 2. The van der Waals surface area contributed by atoms with Crippen LogP contribution in [0, 0.1) is 0 Å². The lowest BCUT2D eigenvalue weighted by atomic mass is 10.3. The molecule has 1 amide bonds. The first-order valence-electron chi connectivity index (χ1n) is 8.42. The van der Waals surface area contributed by atoms with Crippen molar-refractivity contribution < 1.29 is 13.2 Å². The monoisotopic (exact) mass is 381 g/mol. The molecule has 1 aliphatic heterocycles. The van der Waals surface area contributed by atoms with Crippen LogP contribution >= 0.6 is 0 Å². The quantitative estimate of drug-likeness (QED) is 0.735. The van der Waals surface area contributed by atoms with Crippen LogP contribution in [0.5, 0.6) is 0 Å². The summed E-state index contributed by atoms with van der Waals surface area (Å²) < 4.78 is 27.1. The summed E-state index contributed by atoms with van der Waals surface area (Å²) in [5, 5.41) is 0. The number of carbonyl (C=O) groups is 1. The third kappa shape index (κ3) is 3.81. The summed E-state index contributed by atoms with van der Waals surface area (Å²) >= 11 is 0. The number of rotatable bonds is 5. The van der Waals surface area contributed by atoms with Crippen LogP contribution in [0.3, 0.4) is 0 Å². The number of imidazole rings is 1. The third-order valence-electron chi connectivity index (χ3n) is 4.49. The van der Waals surface area contributed by atoms with Crippen molar-refractivity contribution in [3.05, 3.63) is 28.7 Å². The molecule has 2 N–H and O–H groups in total. The second kappa shape index (κ2) is 7.22. The smallest absolute Gasteiger partial charge is 0.323 e. The van der Waals surface area contributed by atoms with Gasteiger partial charge in [0.15, 0.2) is 0 Å². The van der Waals surface area contributed by atoms with Crippen LogP contribution in [0.2, 0.25) is 0 Å². The van der Waals surface area contributed by atoms with Crippen LogP contribution in [-0.4, -0.2) is 85.2 Å². The van der Waals surface area contributed by atoms with E-state index in [-0.39, 0.29) is 29.6 Å². The van der Waals surface area contributed by atoms with Gasteiger partial charge in [-0.2, -0.15) is 4.31 Å². The Kier molecular flexibility index (Phi) is 5.17. The lowest BCUT2D eigenvalue weighted by Crippen LogP contribution is -2.50. The predicted molar refractivity (Wildman–Crippen MR) is 97.4 cm³/mol. The Morgan fingerprint density at radius 3 is 2.42 bits per heavy atom. The minimum Gasteiger partial charge on any atom is -0.340 e. The molecule has 0 atom stereocenters. The van der Waals surface area contributed by atoms with Gasteiger partial charge in [-0.15, -0.1) is 0 Å². The molecule has 2 heterocycles. The van der Waals surface area contributed by atoms with E-state index in [4.69, 9.17) is 0 Å². The zero-order chi connectivity index (χ0) is 18.9. The molecular weight excluding hydrogens is 358 g/mol. The molecule has 0 spiro atoms. The van der Waals surface area contributed by atoms with E-state index in [0.29, 0.717) is 37.1 Å². The van der Waals surface area contributed by atoms with Gasteiger partial charge in [0.2, 0.25) is 15.9 Å². The van der Waals surface area contributed by atoms with Gasteiger partial charge in [0, 0.05) is 39.1 Å². The van der Waals surface area contributed by atoms with E-state index in [0.717, 1.165) is 0 Å². The molecule has 0 unspecified atom stereocenters. The number of hydrogen-bond acceptors (Lipinski definition) is 5. The third-order valence-corrected chi connectivity index (χ3v) is 6.38. The van der Waals surface area contributed by atoms with Crippen LogP contribution < -0.4 is 5.69 Å². The van der Waals surface area contributed by atoms with E-state index in [2.05, 4.69) is 9.97 Å². The fraction of sp³-hybridized carbons (Fsp3) is 0.500. The van der Waals surface area contributed by atoms with Gasteiger partial charge in [-0.25, -0.2) is 13.2 Å². The molecule has 0 radical (unpaired) electrons. The van der Waals surface area contributed by atoms with Gasteiger partial charge >= 0.3 is 5.69 Å². The molecule has 1 saturated heterocycles. The summed E-state index contributed by atoms with van der Waals surface area (Å²) in [6, 6.07) is 4.51. The first-order valence-corrected chi connectivity index (χ1v) is 9.86. The zero-order valence-corrected chi connectivity index (χ0v) is 15.7. The number of H-pyrrole nitrogens is 2. The number of fused-ring (bicyclic) bond motifs is 1. The lowest BCUT2D eigenvalue weighted by Gasteiger charge is -2.34. The maximum atomic E-state index is 12.8. The summed E-state index contributed by atoms with van der Waals surface area (Å²) in [4.78, 5) is 32.5. The van der Waals surface area contributed by atoms with Gasteiger partial charge in [-0.1, -0.05) is 0 Å². The highest BCUT2D eigenvalue weighted by Gasteiger charge is 2.30. The zero-order valence-electron chi connectivity index (χ0n) is 14.9. The van der Waals surface area contributed by atoms with Gasteiger partial charge in [0.05, 0.1) is 15.9 Å². The van der Waals surface area contributed by atoms with Crippen LogP contribution in [0.4, 0.5) is 0 Å². The number of hydrogen-bond donors (Lipinski definition) is 2. The van der Waals surface area contributed by atoms with E-state index in [1.165, 1.54) is 16.4 Å². The van der Waals surface area contributed by atoms with Crippen LogP contribution in [0.15, 0.2) is 27.9 Å². The van der Waals surface area contributed by atoms with Crippen molar-refractivity contribution in [3.63, 3.8) is 0 Å². The Balaban J connectivity index is 1.69. The molecule has 9 nitrogen and oxygen atoms in total. The highest BCUT2D eigenvalue weighted by atomic mass is 32.2. The summed E-state index contributed by atoms with van der Waals surface area (Å²) in [6.45, 7) is 1.96. The topological polar surface area (TPSA) is 110 Å². The van der Waals surface area contributed by atoms with Crippen molar-refractivity contribution in [2.45, 2.75) is 11.3 Å². The van der Waals surface area contributed by atoms with Crippen molar-refractivity contribution in [2.24, 2.45) is 0 Å². The molecule has 2 aromatic rings. The fourth-order valence-corrected chi connectivity index (χ4v) is 4.43. The van der Waals surface area contributed by atoms with Crippen molar-refractivity contribution in [2.75, 3.05) is 46.8 Å². The van der Waals surface area contributed by atoms with Crippen LogP contribution in [-0.2, 0) is 14.8 Å². The number of amides is 1. The molecule has 1 fully saturated rings. The summed E-state index contributed by atoms with van der Waals surface area (Å²) in [5.41, 5.74) is 0.637. The molecule has 0 saturated carbocycles.